The standard InChI is InChI=1S/C26H18N2O/c29-18-19-11-13-20(14-12-19)23-15-24(21-7-3-1-4-8-21)26-27-25(17-28(26)16-23)22-9-5-2-6-10-22/h1-18H. The lowest BCUT2D eigenvalue weighted by Crippen LogP contribution is -1.91. The predicted molar refractivity (Wildman–Crippen MR) is 117 cm³/mol. The van der Waals surface area contributed by atoms with Crippen LogP contribution in [0.5, 0.6) is 0 Å². The Morgan fingerprint density at radius 3 is 1.97 bits per heavy atom. The van der Waals surface area contributed by atoms with Gasteiger partial charge in [0.25, 0.3) is 0 Å². The van der Waals surface area contributed by atoms with Crippen LogP contribution in [0, 0.1) is 0 Å². The van der Waals surface area contributed by atoms with Crippen LogP contribution in [0.15, 0.2) is 103 Å². The van der Waals surface area contributed by atoms with E-state index in [-0.39, 0.29) is 0 Å². The fraction of sp³-hybridized carbons (Fsp3) is 0. The van der Waals surface area contributed by atoms with E-state index < -0.39 is 0 Å². The molecule has 0 saturated carbocycles. The number of fused-ring (bicyclic) bond motifs is 1. The molecule has 5 rings (SSSR count). The van der Waals surface area contributed by atoms with Crippen LogP contribution in [0.25, 0.3) is 39.2 Å². The summed E-state index contributed by atoms with van der Waals surface area (Å²) >= 11 is 0. The second-order valence-corrected chi connectivity index (χ2v) is 6.97. The smallest absolute Gasteiger partial charge is 0.150 e. The van der Waals surface area contributed by atoms with Crippen molar-refractivity contribution in [1.82, 2.24) is 9.38 Å². The normalized spacial score (nSPS) is 10.9. The Morgan fingerprint density at radius 2 is 1.31 bits per heavy atom. The van der Waals surface area contributed by atoms with E-state index in [1.165, 1.54) is 0 Å². The first-order chi connectivity index (χ1) is 14.3. The summed E-state index contributed by atoms with van der Waals surface area (Å²) in [6.07, 6.45) is 5.03. The highest BCUT2D eigenvalue weighted by molar-refractivity contribution is 5.84. The lowest BCUT2D eigenvalue weighted by Gasteiger charge is -2.09. The lowest BCUT2D eigenvalue weighted by atomic mass is 10.0. The predicted octanol–water partition coefficient (Wildman–Crippen LogP) is 6.15. The molecule has 0 aliphatic heterocycles. The van der Waals surface area contributed by atoms with Crippen LogP contribution < -0.4 is 0 Å². The molecule has 3 heteroatoms. The maximum absolute atomic E-state index is 11.0. The summed E-state index contributed by atoms with van der Waals surface area (Å²) in [7, 11) is 0. The molecule has 138 valence electrons. The van der Waals surface area contributed by atoms with E-state index >= 15 is 0 Å². The van der Waals surface area contributed by atoms with Crippen LogP contribution in [-0.2, 0) is 0 Å². The molecule has 0 aliphatic rings. The lowest BCUT2D eigenvalue weighted by molar-refractivity contribution is 0.112. The molecule has 3 nitrogen and oxygen atoms in total. The van der Waals surface area contributed by atoms with Gasteiger partial charge in [-0.1, -0.05) is 84.9 Å². The number of pyridine rings is 1. The van der Waals surface area contributed by atoms with Crippen LogP contribution in [0.4, 0.5) is 0 Å². The second-order valence-electron chi connectivity index (χ2n) is 6.97. The van der Waals surface area contributed by atoms with Gasteiger partial charge in [0.2, 0.25) is 0 Å². The molecule has 0 amide bonds. The molecule has 3 aromatic carbocycles. The fourth-order valence-corrected chi connectivity index (χ4v) is 3.59. The molecule has 0 unspecified atom stereocenters. The Balaban J connectivity index is 1.74. The van der Waals surface area contributed by atoms with Gasteiger partial charge < -0.3 is 4.40 Å². The molecule has 0 spiro atoms. The van der Waals surface area contributed by atoms with Gasteiger partial charge in [0.05, 0.1) is 5.69 Å². The molecule has 0 aliphatic carbocycles. The maximum atomic E-state index is 11.0. The van der Waals surface area contributed by atoms with Gasteiger partial charge in [-0.05, 0) is 22.8 Å². The monoisotopic (exact) mass is 374 g/mol. The minimum Gasteiger partial charge on any atom is -0.305 e. The maximum Gasteiger partial charge on any atom is 0.150 e. The Morgan fingerprint density at radius 1 is 0.655 bits per heavy atom. The van der Waals surface area contributed by atoms with E-state index in [0.29, 0.717) is 5.56 Å². The largest absolute Gasteiger partial charge is 0.305 e. The van der Waals surface area contributed by atoms with Gasteiger partial charge in [0, 0.05) is 29.1 Å². The third kappa shape index (κ3) is 3.23. The average Bonchev–Trinajstić information content (AvgIpc) is 3.24. The van der Waals surface area contributed by atoms with Gasteiger partial charge in [-0.15, -0.1) is 0 Å². The zero-order valence-electron chi connectivity index (χ0n) is 15.7. The topological polar surface area (TPSA) is 34.4 Å². The molecular formula is C26H18N2O. The molecule has 2 heterocycles. The van der Waals surface area contributed by atoms with Crippen molar-refractivity contribution in [3.8, 4) is 33.5 Å². The van der Waals surface area contributed by atoms with Crippen LogP contribution in [0.2, 0.25) is 0 Å². The summed E-state index contributed by atoms with van der Waals surface area (Å²) < 4.78 is 2.09. The number of carbonyl (C=O) groups is 1. The van der Waals surface area contributed by atoms with Gasteiger partial charge in [-0.2, -0.15) is 0 Å². The van der Waals surface area contributed by atoms with Crippen molar-refractivity contribution in [3.63, 3.8) is 0 Å². The van der Waals surface area contributed by atoms with Crippen LogP contribution in [-0.4, -0.2) is 15.7 Å². The number of carbonyl (C=O) groups excluding carboxylic acids is 1. The van der Waals surface area contributed by atoms with Crippen molar-refractivity contribution >= 4 is 11.9 Å². The number of hydrogen-bond donors (Lipinski definition) is 0. The van der Waals surface area contributed by atoms with E-state index in [1.807, 2.05) is 60.7 Å². The summed E-state index contributed by atoms with van der Waals surface area (Å²) in [5.74, 6) is 0. The highest BCUT2D eigenvalue weighted by Gasteiger charge is 2.12. The van der Waals surface area contributed by atoms with Crippen LogP contribution >= 0.6 is 0 Å². The van der Waals surface area contributed by atoms with Gasteiger partial charge in [0.1, 0.15) is 11.9 Å². The molecule has 0 N–H and O–H groups in total. The molecule has 29 heavy (non-hydrogen) atoms. The Bertz CT molecular complexity index is 1290. The van der Waals surface area contributed by atoms with Crippen molar-refractivity contribution in [2.45, 2.75) is 0 Å². The first kappa shape index (κ1) is 17.1. The summed E-state index contributed by atoms with van der Waals surface area (Å²) in [5, 5.41) is 0. The van der Waals surface area contributed by atoms with Crippen molar-refractivity contribution in [1.29, 1.82) is 0 Å². The fourth-order valence-electron chi connectivity index (χ4n) is 3.59. The number of rotatable bonds is 4. The van der Waals surface area contributed by atoms with Crippen LogP contribution in [0.1, 0.15) is 10.4 Å². The van der Waals surface area contributed by atoms with E-state index in [1.54, 1.807) is 0 Å². The zero-order valence-corrected chi connectivity index (χ0v) is 15.7. The quantitative estimate of drug-likeness (QED) is 0.354. The van der Waals surface area contributed by atoms with Gasteiger partial charge >= 0.3 is 0 Å². The molecule has 0 radical (unpaired) electrons. The molecule has 0 bridgehead atoms. The van der Waals surface area contributed by atoms with E-state index in [4.69, 9.17) is 4.98 Å². The zero-order chi connectivity index (χ0) is 19.6. The van der Waals surface area contributed by atoms with Gasteiger partial charge in [-0.25, -0.2) is 4.98 Å². The highest BCUT2D eigenvalue weighted by atomic mass is 16.1. The molecular weight excluding hydrogens is 356 g/mol. The van der Waals surface area contributed by atoms with Crippen molar-refractivity contribution < 1.29 is 4.79 Å². The summed E-state index contributed by atoms with van der Waals surface area (Å²) in [6.45, 7) is 0. The number of aldehydes is 1. The highest BCUT2D eigenvalue weighted by Crippen LogP contribution is 2.32. The number of hydrogen-bond acceptors (Lipinski definition) is 2. The van der Waals surface area contributed by atoms with E-state index in [9.17, 15) is 4.79 Å². The van der Waals surface area contributed by atoms with Gasteiger partial charge in [0.15, 0.2) is 0 Å². The van der Waals surface area contributed by atoms with Crippen molar-refractivity contribution in [2.24, 2.45) is 0 Å². The molecule has 5 aromatic rings. The third-order valence-corrected chi connectivity index (χ3v) is 5.09. The minimum atomic E-state index is 0.673. The number of imidazole rings is 1. The summed E-state index contributed by atoms with van der Waals surface area (Å²) in [5.41, 5.74) is 7.95. The number of nitrogens with zero attached hydrogens (tertiary/aromatic N) is 2. The van der Waals surface area contributed by atoms with Gasteiger partial charge in [-0.3, -0.25) is 4.79 Å². The SMILES string of the molecule is O=Cc1ccc(-c2cc(-c3ccccc3)c3nc(-c4ccccc4)cn3c2)cc1. The Kier molecular flexibility index (Phi) is 4.26. The first-order valence-corrected chi connectivity index (χ1v) is 9.51. The molecule has 0 atom stereocenters. The van der Waals surface area contributed by atoms with Crippen molar-refractivity contribution in [2.75, 3.05) is 0 Å². The Labute approximate surface area is 168 Å². The third-order valence-electron chi connectivity index (χ3n) is 5.09. The number of benzene rings is 3. The van der Waals surface area contributed by atoms with E-state index in [2.05, 4.69) is 47.1 Å². The van der Waals surface area contributed by atoms with E-state index in [0.717, 1.165) is 45.4 Å². The molecule has 0 fully saturated rings. The molecule has 0 saturated heterocycles. The summed E-state index contributed by atoms with van der Waals surface area (Å²) in [4.78, 5) is 15.9. The second kappa shape index (κ2) is 7.21. The van der Waals surface area contributed by atoms with Crippen LogP contribution in [0.3, 0.4) is 0 Å². The molecule has 2 aromatic heterocycles. The van der Waals surface area contributed by atoms with Crippen molar-refractivity contribution in [3.05, 3.63) is 109 Å². The number of aromatic nitrogens is 2. The average molecular weight is 374 g/mol. The summed E-state index contributed by atoms with van der Waals surface area (Å²) in [6, 6.07) is 30.3. The first-order valence-electron chi connectivity index (χ1n) is 9.51. The minimum absolute atomic E-state index is 0.673. The Hall–Kier alpha value is -3.98.